The molecule has 0 unspecified atom stereocenters. The average molecular weight is 454 g/mol. The molecule has 122 valence electrons. The van der Waals surface area contributed by atoms with Gasteiger partial charge in [-0.25, -0.2) is 0 Å². The number of benzene rings is 2. The molecule has 0 saturated heterocycles. The smallest absolute Gasteiger partial charge is 0.276 e. The van der Waals surface area contributed by atoms with Gasteiger partial charge in [0.2, 0.25) is 5.43 Å². The van der Waals surface area contributed by atoms with Crippen molar-refractivity contribution in [2.24, 2.45) is 0 Å². The lowest BCUT2D eigenvalue weighted by atomic mass is 10.1. The number of rotatable bonds is 4. The number of alkyl halides is 1. The molecule has 1 heterocycles. The van der Waals surface area contributed by atoms with Crippen molar-refractivity contribution in [2.45, 2.75) is 11.0 Å². The van der Waals surface area contributed by atoms with Crippen LogP contribution in [-0.2, 0) is 11.0 Å². The molecular formula is C17H13ClIN3O2. The van der Waals surface area contributed by atoms with Gasteiger partial charge >= 0.3 is 0 Å². The Bertz CT molecular complexity index is 954. The van der Waals surface area contributed by atoms with E-state index in [2.05, 4.69) is 38.1 Å². The van der Waals surface area contributed by atoms with Crippen molar-refractivity contribution in [3.63, 3.8) is 0 Å². The van der Waals surface area contributed by atoms with Crippen LogP contribution >= 0.6 is 34.2 Å². The van der Waals surface area contributed by atoms with Gasteiger partial charge in [0.15, 0.2) is 5.69 Å². The van der Waals surface area contributed by atoms with E-state index in [-0.39, 0.29) is 11.1 Å². The second-order valence-corrected chi connectivity index (χ2v) is 6.42. The van der Waals surface area contributed by atoms with Gasteiger partial charge in [-0.15, -0.1) is 0 Å². The number of amides is 1. The van der Waals surface area contributed by atoms with Gasteiger partial charge in [0, 0.05) is 21.4 Å². The second kappa shape index (κ2) is 7.31. The first-order chi connectivity index (χ1) is 11.6. The van der Waals surface area contributed by atoms with Crippen LogP contribution in [0.5, 0.6) is 0 Å². The summed E-state index contributed by atoms with van der Waals surface area (Å²) < 4.78 is 0.785. The summed E-state index contributed by atoms with van der Waals surface area (Å²) >= 11 is 8.05. The van der Waals surface area contributed by atoms with Gasteiger partial charge < -0.3 is 5.32 Å². The molecule has 2 N–H and O–H groups in total. The number of carbonyl (C=O) groups is 1. The Hall–Kier alpha value is -1.93. The zero-order valence-electron chi connectivity index (χ0n) is 12.5. The summed E-state index contributed by atoms with van der Waals surface area (Å²) in [6.07, 6.45) is 0. The van der Waals surface area contributed by atoms with Gasteiger partial charge in [0.05, 0.1) is 5.52 Å². The Morgan fingerprint density at radius 3 is 2.58 bits per heavy atom. The van der Waals surface area contributed by atoms with Crippen LogP contribution in [0.15, 0.2) is 47.3 Å². The first kappa shape index (κ1) is 16.9. The highest BCUT2D eigenvalue weighted by Crippen LogP contribution is 2.13. The molecule has 7 heteroatoms. The van der Waals surface area contributed by atoms with E-state index in [0.717, 1.165) is 15.6 Å². The Morgan fingerprint density at radius 2 is 1.88 bits per heavy atom. The molecule has 0 saturated carbocycles. The van der Waals surface area contributed by atoms with Crippen LogP contribution in [0.3, 0.4) is 0 Å². The molecule has 24 heavy (non-hydrogen) atoms. The summed E-state index contributed by atoms with van der Waals surface area (Å²) in [5.74, 6) is -0.507. The first-order valence-corrected chi connectivity index (χ1v) is 9.09. The van der Waals surface area contributed by atoms with Gasteiger partial charge in [0.1, 0.15) is 0 Å². The van der Waals surface area contributed by atoms with Crippen molar-refractivity contribution in [2.75, 3.05) is 0 Å². The van der Waals surface area contributed by atoms with Crippen LogP contribution in [0.25, 0.3) is 10.9 Å². The number of nitrogens with zero attached hydrogens (tertiary/aromatic N) is 1. The lowest BCUT2D eigenvalue weighted by molar-refractivity contribution is 0.0944. The highest BCUT2D eigenvalue weighted by Gasteiger charge is 2.15. The molecule has 0 aliphatic heterocycles. The molecule has 0 radical (unpaired) electrons. The monoisotopic (exact) mass is 453 g/mol. The third-order valence-electron chi connectivity index (χ3n) is 3.57. The van der Waals surface area contributed by atoms with E-state index in [4.69, 9.17) is 11.6 Å². The number of aromatic amines is 1. The van der Waals surface area contributed by atoms with E-state index in [0.29, 0.717) is 22.5 Å². The van der Waals surface area contributed by atoms with Crippen molar-refractivity contribution in [1.29, 1.82) is 0 Å². The van der Waals surface area contributed by atoms with E-state index < -0.39 is 5.91 Å². The van der Waals surface area contributed by atoms with Crippen molar-refractivity contribution < 1.29 is 4.79 Å². The minimum absolute atomic E-state index is 0.137. The summed E-state index contributed by atoms with van der Waals surface area (Å²) in [5.41, 5.74) is 2.01. The van der Waals surface area contributed by atoms with Crippen LogP contribution in [0.1, 0.15) is 21.6 Å². The van der Waals surface area contributed by atoms with Crippen LogP contribution in [0.2, 0.25) is 5.02 Å². The van der Waals surface area contributed by atoms with Gasteiger partial charge in [-0.1, -0.05) is 52.4 Å². The largest absolute Gasteiger partial charge is 0.346 e. The average Bonchev–Trinajstić information content (AvgIpc) is 2.61. The maximum Gasteiger partial charge on any atom is 0.276 e. The number of hydrogen-bond acceptors (Lipinski definition) is 3. The first-order valence-electron chi connectivity index (χ1n) is 7.18. The molecule has 3 rings (SSSR count). The summed E-state index contributed by atoms with van der Waals surface area (Å²) in [7, 11) is 0. The second-order valence-electron chi connectivity index (χ2n) is 5.22. The fourth-order valence-corrected chi connectivity index (χ4v) is 2.88. The zero-order valence-corrected chi connectivity index (χ0v) is 15.4. The summed E-state index contributed by atoms with van der Waals surface area (Å²) in [6, 6.07) is 12.6. The number of fused-ring (bicyclic) bond motifs is 1. The van der Waals surface area contributed by atoms with Crippen molar-refractivity contribution >= 4 is 51.0 Å². The van der Waals surface area contributed by atoms with Gasteiger partial charge in [-0.2, -0.15) is 5.10 Å². The molecular weight excluding hydrogens is 441 g/mol. The third kappa shape index (κ3) is 3.59. The zero-order chi connectivity index (χ0) is 17.1. The molecule has 0 bridgehead atoms. The molecule has 0 fully saturated rings. The molecule has 0 aliphatic carbocycles. The summed E-state index contributed by atoms with van der Waals surface area (Å²) in [6.45, 7) is 0.295. The number of H-pyrrole nitrogens is 1. The van der Waals surface area contributed by atoms with Crippen molar-refractivity contribution in [3.8, 4) is 0 Å². The SMILES string of the molecule is O=C(NCc1ccc(Cl)cc1)c1n[nH]c2ccc(CI)cc2c1=O. The Balaban J connectivity index is 1.85. The number of carbonyl (C=O) groups excluding carboxylic acids is 1. The van der Waals surface area contributed by atoms with Gasteiger partial charge in [-0.3, -0.25) is 14.7 Å². The minimum Gasteiger partial charge on any atom is -0.346 e. The number of aromatic nitrogens is 2. The maximum absolute atomic E-state index is 12.5. The molecule has 3 aromatic rings. The quantitative estimate of drug-likeness (QED) is 0.469. The van der Waals surface area contributed by atoms with E-state index in [1.165, 1.54) is 0 Å². The molecule has 1 aromatic heterocycles. The Morgan fingerprint density at radius 1 is 1.17 bits per heavy atom. The molecule has 0 aliphatic rings. The number of nitrogens with one attached hydrogen (secondary N) is 2. The van der Waals surface area contributed by atoms with Crippen LogP contribution in [0, 0.1) is 0 Å². The van der Waals surface area contributed by atoms with E-state index in [9.17, 15) is 9.59 Å². The van der Waals surface area contributed by atoms with Crippen molar-refractivity contribution in [3.05, 3.63) is 74.5 Å². The van der Waals surface area contributed by atoms with E-state index in [1.54, 1.807) is 24.3 Å². The van der Waals surface area contributed by atoms with E-state index >= 15 is 0 Å². The van der Waals surface area contributed by atoms with Crippen LogP contribution in [-0.4, -0.2) is 16.1 Å². The number of halogens is 2. The van der Waals surface area contributed by atoms with Crippen molar-refractivity contribution in [1.82, 2.24) is 15.5 Å². The minimum atomic E-state index is -0.507. The predicted molar refractivity (Wildman–Crippen MR) is 103 cm³/mol. The summed E-state index contributed by atoms with van der Waals surface area (Å²) in [4.78, 5) is 24.8. The van der Waals surface area contributed by atoms with Gasteiger partial charge in [-0.05, 0) is 35.4 Å². The molecule has 1 amide bonds. The molecule has 2 aromatic carbocycles. The topological polar surface area (TPSA) is 74.8 Å². The Labute approximate surface area is 156 Å². The molecule has 5 nitrogen and oxygen atoms in total. The maximum atomic E-state index is 12.5. The van der Waals surface area contributed by atoms with Crippen LogP contribution < -0.4 is 10.7 Å². The molecule has 0 atom stereocenters. The summed E-state index contributed by atoms with van der Waals surface area (Å²) in [5, 5.41) is 10.5. The van der Waals surface area contributed by atoms with Crippen LogP contribution in [0.4, 0.5) is 0 Å². The highest BCUT2D eigenvalue weighted by molar-refractivity contribution is 14.1. The lowest BCUT2D eigenvalue weighted by Crippen LogP contribution is -2.30. The third-order valence-corrected chi connectivity index (χ3v) is 4.70. The van der Waals surface area contributed by atoms with Gasteiger partial charge in [0.25, 0.3) is 5.91 Å². The number of hydrogen-bond donors (Lipinski definition) is 2. The fraction of sp³-hybridized carbons (Fsp3) is 0.118. The standard InChI is InChI=1S/C17H13ClIN3O2/c18-12-4-1-10(2-5-12)9-20-17(24)15-16(23)13-7-11(8-19)3-6-14(13)21-22-15/h1-7H,8-9H2,(H,20,24)(H,21,23). The van der Waals surface area contributed by atoms with E-state index in [1.807, 2.05) is 18.2 Å². The Kier molecular flexibility index (Phi) is 5.15. The lowest BCUT2D eigenvalue weighted by Gasteiger charge is -2.06. The highest BCUT2D eigenvalue weighted by atomic mass is 127. The fourth-order valence-electron chi connectivity index (χ4n) is 2.28. The normalized spacial score (nSPS) is 10.8. The predicted octanol–water partition coefficient (Wildman–Crippen LogP) is 3.44. The molecule has 0 spiro atoms.